The molecule has 0 aliphatic carbocycles. The van der Waals surface area contributed by atoms with E-state index in [-0.39, 0.29) is 18.0 Å². The fourth-order valence-electron chi connectivity index (χ4n) is 2.46. The highest BCUT2D eigenvalue weighted by atomic mass is 16.6. The van der Waals surface area contributed by atoms with E-state index in [1.54, 1.807) is 0 Å². The summed E-state index contributed by atoms with van der Waals surface area (Å²) in [5.74, 6) is 0.602. The highest BCUT2D eigenvalue weighted by Crippen LogP contribution is 2.13. The number of nitrogens with zero attached hydrogens (tertiary/aromatic N) is 3. The maximum Gasteiger partial charge on any atom is 0.306 e. The van der Waals surface area contributed by atoms with Crippen molar-refractivity contribution >= 4 is 11.6 Å². The van der Waals surface area contributed by atoms with E-state index in [2.05, 4.69) is 15.7 Å². The van der Waals surface area contributed by atoms with Crippen molar-refractivity contribution in [3.63, 3.8) is 0 Å². The minimum Gasteiger partial charge on any atom is -0.356 e. The Kier molecular flexibility index (Phi) is 5.68. The van der Waals surface area contributed by atoms with Crippen LogP contribution in [-0.2, 0) is 11.3 Å². The Balaban J connectivity index is 1.61. The van der Waals surface area contributed by atoms with Crippen molar-refractivity contribution < 1.29 is 9.72 Å². The molecular weight excluding hydrogens is 274 g/mol. The van der Waals surface area contributed by atoms with Crippen LogP contribution in [-0.4, -0.2) is 40.2 Å². The van der Waals surface area contributed by atoms with Crippen molar-refractivity contribution in [1.82, 2.24) is 20.4 Å². The lowest BCUT2D eigenvalue weighted by atomic mass is 9.96. The van der Waals surface area contributed by atoms with Crippen molar-refractivity contribution in [2.45, 2.75) is 32.2 Å². The molecular formula is C13H21N5O3. The number of piperidine rings is 1. The molecule has 116 valence electrons. The van der Waals surface area contributed by atoms with Gasteiger partial charge >= 0.3 is 5.69 Å². The van der Waals surface area contributed by atoms with Crippen LogP contribution in [0.2, 0.25) is 0 Å². The van der Waals surface area contributed by atoms with Gasteiger partial charge in [0.1, 0.15) is 12.4 Å². The first-order chi connectivity index (χ1) is 10.1. The summed E-state index contributed by atoms with van der Waals surface area (Å²) in [6.07, 6.45) is 6.22. The summed E-state index contributed by atoms with van der Waals surface area (Å²) in [4.78, 5) is 21.7. The minimum absolute atomic E-state index is 0.0445. The van der Waals surface area contributed by atoms with E-state index in [1.165, 1.54) is 29.9 Å². The molecule has 1 fully saturated rings. The third kappa shape index (κ3) is 5.14. The number of nitro groups is 1. The van der Waals surface area contributed by atoms with Crippen LogP contribution in [0, 0.1) is 16.0 Å². The number of hydrogen-bond donors (Lipinski definition) is 2. The molecule has 8 heteroatoms. The van der Waals surface area contributed by atoms with Gasteiger partial charge in [0.25, 0.3) is 0 Å². The van der Waals surface area contributed by atoms with E-state index in [0.717, 1.165) is 19.5 Å². The minimum atomic E-state index is -0.498. The molecule has 21 heavy (non-hydrogen) atoms. The fraction of sp³-hybridized carbons (Fsp3) is 0.692. The number of carbonyl (C=O) groups excluding carboxylic acids is 1. The number of aryl methyl sites for hydroxylation is 1. The summed E-state index contributed by atoms with van der Waals surface area (Å²) >= 11 is 0. The van der Waals surface area contributed by atoms with Crippen LogP contribution in [0.4, 0.5) is 5.69 Å². The number of hydrogen-bond acceptors (Lipinski definition) is 5. The monoisotopic (exact) mass is 295 g/mol. The fourth-order valence-corrected chi connectivity index (χ4v) is 2.46. The predicted octanol–water partition coefficient (Wildman–Crippen LogP) is 0.687. The molecule has 2 N–H and O–H groups in total. The number of carbonyl (C=O) groups is 1. The highest BCUT2D eigenvalue weighted by Gasteiger charge is 2.13. The average molecular weight is 295 g/mol. The van der Waals surface area contributed by atoms with Gasteiger partial charge in [0.15, 0.2) is 0 Å². The first kappa shape index (κ1) is 15.4. The molecule has 2 rings (SSSR count). The Labute approximate surface area is 123 Å². The molecule has 1 amide bonds. The van der Waals surface area contributed by atoms with E-state index >= 15 is 0 Å². The Hall–Kier alpha value is -1.96. The van der Waals surface area contributed by atoms with E-state index in [9.17, 15) is 14.9 Å². The largest absolute Gasteiger partial charge is 0.356 e. The Morgan fingerprint density at radius 3 is 3.14 bits per heavy atom. The van der Waals surface area contributed by atoms with Crippen LogP contribution >= 0.6 is 0 Å². The maximum absolute atomic E-state index is 11.7. The molecule has 0 spiro atoms. The molecule has 8 nitrogen and oxygen atoms in total. The summed E-state index contributed by atoms with van der Waals surface area (Å²) in [6.45, 7) is 3.17. The quantitative estimate of drug-likeness (QED) is 0.569. The summed E-state index contributed by atoms with van der Waals surface area (Å²) in [7, 11) is 0. The number of aromatic nitrogens is 2. The van der Waals surface area contributed by atoms with Gasteiger partial charge in [0.2, 0.25) is 5.91 Å². The van der Waals surface area contributed by atoms with E-state index in [1.807, 2.05) is 0 Å². The topological polar surface area (TPSA) is 102 Å². The first-order valence-corrected chi connectivity index (χ1v) is 7.29. The molecule has 1 saturated heterocycles. The van der Waals surface area contributed by atoms with Gasteiger partial charge in [-0.3, -0.25) is 19.6 Å². The number of rotatable bonds is 7. The predicted molar refractivity (Wildman–Crippen MR) is 76.7 cm³/mol. The third-order valence-corrected chi connectivity index (χ3v) is 3.67. The van der Waals surface area contributed by atoms with Crippen LogP contribution in [0.5, 0.6) is 0 Å². The van der Waals surface area contributed by atoms with Gasteiger partial charge in [-0.05, 0) is 38.3 Å². The summed E-state index contributed by atoms with van der Waals surface area (Å²) in [6, 6.07) is 0. The summed E-state index contributed by atoms with van der Waals surface area (Å²) in [5, 5.41) is 20.6. The van der Waals surface area contributed by atoms with Gasteiger partial charge in [-0.25, -0.2) is 0 Å². The molecule has 1 aromatic heterocycles. The van der Waals surface area contributed by atoms with Crippen molar-refractivity contribution in [2.24, 2.45) is 5.92 Å². The van der Waals surface area contributed by atoms with E-state index < -0.39 is 4.92 Å². The van der Waals surface area contributed by atoms with Gasteiger partial charge in [-0.2, -0.15) is 5.10 Å². The molecule has 1 aliphatic rings. The van der Waals surface area contributed by atoms with Crippen LogP contribution in [0.15, 0.2) is 12.4 Å². The smallest absolute Gasteiger partial charge is 0.306 e. The van der Waals surface area contributed by atoms with Gasteiger partial charge in [0, 0.05) is 19.5 Å². The van der Waals surface area contributed by atoms with Crippen molar-refractivity contribution in [3.8, 4) is 0 Å². The zero-order chi connectivity index (χ0) is 15.1. The van der Waals surface area contributed by atoms with Gasteiger partial charge in [-0.15, -0.1) is 0 Å². The van der Waals surface area contributed by atoms with Gasteiger partial charge < -0.3 is 10.6 Å². The lowest BCUT2D eigenvalue weighted by Gasteiger charge is -2.22. The highest BCUT2D eigenvalue weighted by molar-refractivity contribution is 5.75. The SMILES string of the molecule is O=C(CCn1cc([N+](=O)[O-])cn1)NCCC1CCCNC1. The molecule has 1 atom stereocenters. The molecule has 0 saturated carbocycles. The molecule has 0 radical (unpaired) electrons. The number of amides is 1. The normalized spacial score (nSPS) is 18.4. The van der Waals surface area contributed by atoms with Gasteiger partial charge in [0.05, 0.1) is 4.92 Å². The van der Waals surface area contributed by atoms with Crippen LogP contribution in [0.1, 0.15) is 25.7 Å². The molecule has 1 aliphatic heterocycles. The van der Waals surface area contributed by atoms with E-state index in [4.69, 9.17) is 0 Å². The molecule has 2 heterocycles. The van der Waals surface area contributed by atoms with Crippen LogP contribution in [0.3, 0.4) is 0 Å². The average Bonchev–Trinajstić information content (AvgIpc) is 2.95. The summed E-state index contributed by atoms with van der Waals surface area (Å²) < 4.78 is 1.42. The number of nitrogens with one attached hydrogen (secondary N) is 2. The Morgan fingerprint density at radius 1 is 1.62 bits per heavy atom. The molecule has 0 aromatic carbocycles. The molecule has 1 aromatic rings. The first-order valence-electron chi connectivity index (χ1n) is 7.29. The Bertz CT molecular complexity index is 482. The van der Waals surface area contributed by atoms with Crippen LogP contribution < -0.4 is 10.6 Å². The lowest BCUT2D eigenvalue weighted by Crippen LogP contribution is -2.33. The third-order valence-electron chi connectivity index (χ3n) is 3.67. The zero-order valence-electron chi connectivity index (χ0n) is 12.0. The second kappa shape index (κ2) is 7.72. The van der Waals surface area contributed by atoms with E-state index in [0.29, 0.717) is 19.0 Å². The molecule has 1 unspecified atom stereocenters. The van der Waals surface area contributed by atoms with Crippen molar-refractivity contribution in [1.29, 1.82) is 0 Å². The zero-order valence-corrected chi connectivity index (χ0v) is 12.0. The van der Waals surface area contributed by atoms with Gasteiger partial charge in [-0.1, -0.05) is 0 Å². The maximum atomic E-state index is 11.7. The van der Waals surface area contributed by atoms with Crippen LogP contribution in [0.25, 0.3) is 0 Å². The molecule has 0 bridgehead atoms. The second-order valence-electron chi connectivity index (χ2n) is 5.32. The summed E-state index contributed by atoms with van der Waals surface area (Å²) in [5.41, 5.74) is -0.0554. The standard InChI is InChI=1S/C13H21N5O3/c19-13(15-6-3-11-2-1-5-14-8-11)4-7-17-10-12(9-16-17)18(20)21/h9-11,14H,1-8H2,(H,15,19). The van der Waals surface area contributed by atoms with Crippen molar-refractivity contribution in [3.05, 3.63) is 22.5 Å². The lowest BCUT2D eigenvalue weighted by molar-refractivity contribution is -0.385. The Morgan fingerprint density at radius 2 is 2.48 bits per heavy atom. The second-order valence-corrected chi connectivity index (χ2v) is 5.32. The van der Waals surface area contributed by atoms with Crippen molar-refractivity contribution in [2.75, 3.05) is 19.6 Å².